The highest BCUT2D eigenvalue weighted by molar-refractivity contribution is 5.90. The van der Waals surface area contributed by atoms with Crippen LogP contribution in [-0.2, 0) is 30.5 Å². The normalized spacial score (nSPS) is 20.3. The standard InChI is InChI=1S/C17H24N2O5/c1-4-22-23-11-14-15(24-14)16(20)18-13(17(21)19(2)3)10-12-8-6-5-7-9-12/h5-9,13-15H,4,10-11H2,1-3H3,(H,18,20). The minimum atomic E-state index is -0.632. The second kappa shape index (κ2) is 8.77. The van der Waals surface area contributed by atoms with Gasteiger partial charge < -0.3 is 15.0 Å². The number of likely N-dealkylation sites (N-methyl/N-ethyl adjacent to an activating group) is 1. The van der Waals surface area contributed by atoms with Gasteiger partial charge in [0.05, 0.1) is 6.61 Å². The number of ether oxygens (including phenoxy) is 1. The zero-order chi connectivity index (χ0) is 17.5. The largest absolute Gasteiger partial charge is 0.356 e. The van der Waals surface area contributed by atoms with Gasteiger partial charge in [-0.25, -0.2) is 9.78 Å². The molecule has 1 saturated heterocycles. The molecule has 132 valence electrons. The average molecular weight is 336 g/mol. The van der Waals surface area contributed by atoms with E-state index in [2.05, 4.69) is 5.32 Å². The summed E-state index contributed by atoms with van der Waals surface area (Å²) in [6.07, 6.45) is -0.502. The fourth-order valence-corrected chi connectivity index (χ4v) is 2.31. The van der Waals surface area contributed by atoms with Crippen LogP contribution in [0.15, 0.2) is 30.3 Å². The van der Waals surface area contributed by atoms with Crippen molar-refractivity contribution in [2.24, 2.45) is 0 Å². The van der Waals surface area contributed by atoms with Crippen LogP contribution in [0.25, 0.3) is 0 Å². The van der Waals surface area contributed by atoms with Gasteiger partial charge in [-0.3, -0.25) is 9.59 Å². The molecule has 1 heterocycles. The van der Waals surface area contributed by atoms with Gasteiger partial charge in [-0.2, -0.15) is 0 Å². The molecule has 7 heteroatoms. The van der Waals surface area contributed by atoms with E-state index in [9.17, 15) is 9.59 Å². The number of hydrogen-bond acceptors (Lipinski definition) is 5. The van der Waals surface area contributed by atoms with Gasteiger partial charge in [-0.1, -0.05) is 30.3 Å². The number of hydrogen-bond donors (Lipinski definition) is 1. The van der Waals surface area contributed by atoms with Crippen molar-refractivity contribution in [1.29, 1.82) is 0 Å². The first-order chi connectivity index (χ1) is 11.5. The van der Waals surface area contributed by atoms with E-state index >= 15 is 0 Å². The molecule has 2 amide bonds. The number of nitrogens with one attached hydrogen (secondary N) is 1. The topological polar surface area (TPSA) is 80.4 Å². The molecule has 0 aromatic heterocycles. The zero-order valence-electron chi connectivity index (χ0n) is 14.2. The molecule has 1 aliphatic heterocycles. The molecule has 1 N–H and O–H groups in total. The van der Waals surface area contributed by atoms with Crippen LogP contribution in [0.2, 0.25) is 0 Å². The summed E-state index contributed by atoms with van der Waals surface area (Å²) < 4.78 is 5.27. The first-order valence-corrected chi connectivity index (χ1v) is 7.98. The number of carbonyl (C=O) groups excluding carboxylic acids is 2. The van der Waals surface area contributed by atoms with E-state index in [1.54, 1.807) is 21.0 Å². The van der Waals surface area contributed by atoms with Crippen LogP contribution in [0.1, 0.15) is 12.5 Å². The van der Waals surface area contributed by atoms with Crippen molar-refractivity contribution in [2.75, 3.05) is 27.3 Å². The Hall–Kier alpha value is -1.96. The highest BCUT2D eigenvalue weighted by Crippen LogP contribution is 2.23. The molecule has 24 heavy (non-hydrogen) atoms. The molecule has 1 fully saturated rings. The molecule has 0 radical (unpaired) electrons. The smallest absolute Gasteiger partial charge is 0.252 e. The highest BCUT2D eigenvalue weighted by Gasteiger charge is 2.46. The van der Waals surface area contributed by atoms with Gasteiger partial charge in [0.2, 0.25) is 5.91 Å². The van der Waals surface area contributed by atoms with Gasteiger partial charge >= 0.3 is 0 Å². The Balaban J connectivity index is 1.91. The summed E-state index contributed by atoms with van der Waals surface area (Å²) in [6.45, 7) is 2.43. The van der Waals surface area contributed by atoms with Crippen LogP contribution in [-0.4, -0.2) is 62.3 Å². The minimum Gasteiger partial charge on any atom is -0.356 e. The Kier molecular flexibility index (Phi) is 6.72. The van der Waals surface area contributed by atoms with E-state index in [1.807, 2.05) is 30.3 Å². The van der Waals surface area contributed by atoms with E-state index in [4.69, 9.17) is 14.5 Å². The Bertz CT molecular complexity index is 549. The zero-order valence-corrected chi connectivity index (χ0v) is 14.2. The third-order valence-electron chi connectivity index (χ3n) is 3.61. The predicted octanol–water partition coefficient (Wildman–Crippen LogP) is 0.538. The predicted molar refractivity (Wildman–Crippen MR) is 87.0 cm³/mol. The van der Waals surface area contributed by atoms with E-state index in [-0.39, 0.29) is 24.5 Å². The fourth-order valence-electron chi connectivity index (χ4n) is 2.31. The van der Waals surface area contributed by atoms with Crippen LogP contribution in [0.5, 0.6) is 0 Å². The van der Waals surface area contributed by atoms with Crippen molar-refractivity contribution < 1.29 is 24.1 Å². The molecule has 0 spiro atoms. The number of amides is 2. The van der Waals surface area contributed by atoms with Crippen molar-refractivity contribution in [3.63, 3.8) is 0 Å². The first kappa shape index (κ1) is 18.4. The van der Waals surface area contributed by atoms with E-state index in [0.29, 0.717) is 13.0 Å². The molecule has 1 aromatic carbocycles. The number of benzene rings is 1. The molecule has 3 unspecified atom stereocenters. The Morgan fingerprint density at radius 1 is 1.25 bits per heavy atom. The van der Waals surface area contributed by atoms with Gasteiger partial charge in [-0.05, 0) is 12.5 Å². The summed E-state index contributed by atoms with van der Waals surface area (Å²) in [5.41, 5.74) is 0.978. The maximum atomic E-state index is 12.3. The summed E-state index contributed by atoms with van der Waals surface area (Å²) in [4.78, 5) is 35.7. The molecule has 0 bridgehead atoms. The summed E-state index contributed by atoms with van der Waals surface area (Å²) in [5, 5.41) is 2.78. The monoisotopic (exact) mass is 336 g/mol. The highest BCUT2D eigenvalue weighted by atomic mass is 17.2. The quantitative estimate of drug-likeness (QED) is 0.308. The minimum absolute atomic E-state index is 0.157. The lowest BCUT2D eigenvalue weighted by Crippen LogP contribution is -2.49. The molecular weight excluding hydrogens is 312 g/mol. The first-order valence-electron chi connectivity index (χ1n) is 7.98. The van der Waals surface area contributed by atoms with Crippen molar-refractivity contribution >= 4 is 11.8 Å². The van der Waals surface area contributed by atoms with Gasteiger partial charge in [0.15, 0.2) is 6.10 Å². The Morgan fingerprint density at radius 3 is 2.58 bits per heavy atom. The maximum Gasteiger partial charge on any atom is 0.252 e. The number of carbonyl (C=O) groups is 2. The second-order valence-corrected chi connectivity index (χ2v) is 5.77. The number of rotatable bonds is 9. The van der Waals surface area contributed by atoms with E-state index < -0.39 is 12.1 Å². The average Bonchev–Trinajstić information content (AvgIpc) is 3.34. The second-order valence-electron chi connectivity index (χ2n) is 5.77. The van der Waals surface area contributed by atoms with E-state index in [0.717, 1.165) is 5.56 Å². The van der Waals surface area contributed by atoms with Gasteiger partial charge in [0.25, 0.3) is 5.91 Å². The van der Waals surface area contributed by atoms with Crippen LogP contribution in [0, 0.1) is 0 Å². The SMILES string of the molecule is CCOOCC1OC1C(=O)NC(Cc1ccccc1)C(=O)N(C)C. The molecule has 1 aliphatic rings. The van der Waals surface area contributed by atoms with Crippen LogP contribution >= 0.6 is 0 Å². The van der Waals surface area contributed by atoms with Crippen molar-refractivity contribution in [3.8, 4) is 0 Å². The molecule has 1 aromatic rings. The third kappa shape index (κ3) is 5.30. The summed E-state index contributed by atoms with van der Waals surface area (Å²) >= 11 is 0. The van der Waals surface area contributed by atoms with E-state index in [1.165, 1.54) is 4.90 Å². The molecule has 3 atom stereocenters. The molecule has 0 aliphatic carbocycles. The molecule has 7 nitrogen and oxygen atoms in total. The Labute approximate surface area is 141 Å². The molecule has 2 rings (SSSR count). The molecule has 0 saturated carbocycles. The van der Waals surface area contributed by atoms with Crippen molar-refractivity contribution in [1.82, 2.24) is 10.2 Å². The van der Waals surface area contributed by atoms with Gasteiger partial charge in [0, 0.05) is 20.5 Å². The van der Waals surface area contributed by atoms with Gasteiger partial charge in [0.1, 0.15) is 18.8 Å². The van der Waals surface area contributed by atoms with Crippen LogP contribution in [0.3, 0.4) is 0 Å². The Morgan fingerprint density at radius 2 is 1.96 bits per heavy atom. The summed E-state index contributed by atoms with van der Waals surface area (Å²) in [6, 6.07) is 8.93. The lowest BCUT2D eigenvalue weighted by atomic mass is 10.0. The van der Waals surface area contributed by atoms with Crippen LogP contribution < -0.4 is 5.32 Å². The third-order valence-corrected chi connectivity index (χ3v) is 3.61. The summed E-state index contributed by atoms with van der Waals surface area (Å²) in [5.74, 6) is -0.466. The van der Waals surface area contributed by atoms with Crippen molar-refractivity contribution in [2.45, 2.75) is 31.6 Å². The van der Waals surface area contributed by atoms with Gasteiger partial charge in [-0.15, -0.1) is 0 Å². The molecular formula is C17H24N2O5. The summed E-state index contributed by atoms with van der Waals surface area (Å²) in [7, 11) is 3.33. The van der Waals surface area contributed by atoms with Crippen LogP contribution in [0.4, 0.5) is 0 Å². The number of nitrogens with zero attached hydrogens (tertiary/aromatic N) is 1. The van der Waals surface area contributed by atoms with Crippen molar-refractivity contribution in [3.05, 3.63) is 35.9 Å². The maximum absolute atomic E-state index is 12.3. The lowest BCUT2D eigenvalue weighted by molar-refractivity contribution is -0.292. The lowest BCUT2D eigenvalue weighted by Gasteiger charge is -2.21. The number of epoxide rings is 1. The fraction of sp³-hybridized carbons (Fsp3) is 0.529.